The summed E-state index contributed by atoms with van der Waals surface area (Å²) in [5.41, 5.74) is 2.31. The van der Waals surface area contributed by atoms with E-state index in [-0.39, 0.29) is 17.8 Å². The Labute approximate surface area is 176 Å². The van der Waals surface area contributed by atoms with Crippen molar-refractivity contribution in [1.82, 2.24) is 9.88 Å². The maximum absolute atomic E-state index is 14.0. The Morgan fingerprint density at radius 3 is 2.67 bits per heavy atom. The van der Waals surface area contributed by atoms with Gasteiger partial charge in [-0.1, -0.05) is 42.5 Å². The first-order chi connectivity index (χ1) is 14.7. The summed E-state index contributed by atoms with van der Waals surface area (Å²) in [4.78, 5) is 19.5. The molecule has 5 heteroatoms. The van der Waals surface area contributed by atoms with Crippen molar-refractivity contribution in [2.24, 2.45) is 0 Å². The summed E-state index contributed by atoms with van der Waals surface area (Å²) in [7, 11) is 0. The Kier molecular flexibility index (Phi) is 6.38. The molecule has 0 bridgehead atoms. The van der Waals surface area contributed by atoms with E-state index in [2.05, 4.69) is 0 Å². The first-order valence-electron chi connectivity index (χ1n) is 10.4. The standard InChI is InChI=1S/C25H25FN2O2/c26-22-12-5-4-8-19(22)18-20-9-6-13-23(27-20)24-14-7-16-28(24)25(29)15-17-30-21-10-2-1-3-11-21/h1-6,8-13,24H,7,14-18H2. The number of benzene rings is 2. The maximum Gasteiger partial charge on any atom is 0.226 e. The zero-order valence-electron chi connectivity index (χ0n) is 16.8. The smallest absolute Gasteiger partial charge is 0.226 e. The number of carbonyl (C=O) groups excluding carboxylic acids is 1. The molecule has 1 fully saturated rings. The first kappa shape index (κ1) is 20.1. The predicted octanol–water partition coefficient (Wildman–Crippen LogP) is 4.94. The van der Waals surface area contributed by atoms with Crippen molar-refractivity contribution in [2.45, 2.75) is 31.7 Å². The van der Waals surface area contributed by atoms with E-state index in [1.54, 1.807) is 12.1 Å². The number of rotatable bonds is 7. The number of carbonyl (C=O) groups is 1. The Morgan fingerprint density at radius 1 is 1.03 bits per heavy atom. The summed E-state index contributed by atoms with van der Waals surface area (Å²) in [6.07, 6.45) is 2.61. The summed E-state index contributed by atoms with van der Waals surface area (Å²) in [6.45, 7) is 1.08. The van der Waals surface area contributed by atoms with Crippen LogP contribution < -0.4 is 4.74 Å². The molecule has 1 amide bonds. The van der Waals surface area contributed by atoms with Crippen molar-refractivity contribution in [3.8, 4) is 5.75 Å². The fourth-order valence-electron chi connectivity index (χ4n) is 3.91. The summed E-state index contributed by atoms with van der Waals surface area (Å²) in [5, 5.41) is 0. The molecule has 1 aromatic heterocycles. The molecule has 1 aliphatic heterocycles. The van der Waals surface area contributed by atoms with Gasteiger partial charge in [-0.25, -0.2) is 4.39 Å². The van der Waals surface area contributed by atoms with E-state index in [1.165, 1.54) is 6.07 Å². The number of nitrogens with zero attached hydrogens (tertiary/aromatic N) is 2. The first-order valence-corrected chi connectivity index (χ1v) is 10.4. The van der Waals surface area contributed by atoms with E-state index in [4.69, 9.17) is 9.72 Å². The Hall–Kier alpha value is -3.21. The molecule has 154 valence electrons. The van der Waals surface area contributed by atoms with Crippen LogP contribution in [0.5, 0.6) is 5.75 Å². The topological polar surface area (TPSA) is 42.4 Å². The molecule has 1 aliphatic rings. The Bertz CT molecular complexity index is 993. The van der Waals surface area contributed by atoms with E-state index in [0.29, 0.717) is 25.0 Å². The zero-order valence-corrected chi connectivity index (χ0v) is 16.8. The number of amides is 1. The molecule has 4 rings (SSSR count). The number of pyridine rings is 1. The van der Waals surface area contributed by atoms with Gasteiger partial charge in [-0.2, -0.15) is 0 Å². The van der Waals surface area contributed by atoms with Crippen molar-refractivity contribution in [3.05, 3.63) is 95.6 Å². The molecule has 1 unspecified atom stereocenters. The van der Waals surface area contributed by atoms with Gasteiger partial charge in [0.05, 0.1) is 24.8 Å². The lowest BCUT2D eigenvalue weighted by molar-refractivity contribution is -0.132. The van der Waals surface area contributed by atoms with Crippen LogP contribution in [0.4, 0.5) is 4.39 Å². The summed E-state index contributed by atoms with van der Waals surface area (Å²) in [5.74, 6) is 0.626. The zero-order chi connectivity index (χ0) is 20.8. The fourth-order valence-corrected chi connectivity index (χ4v) is 3.91. The van der Waals surface area contributed by atoms with Gasteiger partial charge in [0.25, 0.3) is 0 Å². The summed E-state index contributed by atoms with van der Waals surface area (Å²) < 4.78 is 19.7. The second-order valence-electron chi connectivity index (χ2n) is 7.48. The van der Waals surface area contributed by atoms with Crippen molar-refractivity contribution in [1.29, 1.82) is 0 Å². The lowest BCUT2D eigenvalue weighted by atomic mass is 10.1. The normalized spacial score (nSPS) is 15.9. The average molecular weight is 404 g/mol. The number of para-hydroxylation sites is 1. The van der Waals surface area contributed by atoms with E-state index in [9.17, 15) is 9.18 Å². The van der Waals surface area contributed by atoms with Gasteiger partial charge >= 0.3 is 0 Å². The average Bonchev–Trinajstić information content (AvgIpc) is 3.26. The second-order valence-corrected chi connectivity index (χ2v) is 7.48. The van der Waals surface area contributed by atoms with Crippen molar-refractivity contribution >= 4 is 5.91 Å². The van der Waals surface area contributed by atoms with Crippen LogP contribution in [0.2, 0.25) is 0 Å². The van der Waals surface area contributed by atoms with Crippen LogP contribution in [0.1, 0.15) is 42.3 Å². The number of halogens is 1. The molecular formula is C25H25FN2O2. The van der Waals surface area contributed by atoms with Crippen molar-refractivity contribution in [2.75, 3.05) is 13.2 Å². The molecule has 0 radical (unpaired) electrons. The lowest BCUT2D eigenvalue weighted by Crippen LogP contribution is -2.32. The largest absolute Gasteiger partial charge is 0.493 e. The minimum atomic E-state index is -0.221. The van der Waals surface area contributed by atoms with Gasteiger partial charge in [0.1, 0.15) is 11.6 Å². The van der Waals surface area contributed by atoms with Crippen LogP contribution in [0, 0.1) is 5.82 Å². The van der Waals surface area contributed by atoms with E-state index in [1.807, 2.05) is 59.5 Å². The van der Waals surface area contributed by atoms with Crippen LogP contribution in [-0.2, 0) is 11.2 Å². The van der Waals surface area contributed by atoms with Crippen LogP contribution >= 0.6 is 0 Å². The minimum Gasteiger partial charge on any atom is -0.493 e. The SMILES string of the molecule is O=C(CCOc1ccccc1)N1CCCC1c1cccc(Cc2ccccc2F)n1. The molecule has 2 heterocycles. The molecule has 4 nitrogen and oxygen atoms in total. The molecule has 1 saturated heterocycles. The Morgan fingerprint density at radius 2 is 1.83 bits per heavy atom. The molecular weight excluding hydrogens is 379 g/mol. The quantitative estimate of drug-likeness (QED) is 0.560. The third-order valence-corrected chi connectivity index (χ3v) is 5.40. The molecule has 0 saturated carbocycles. The molecule has 2 aromatic carbocycles. The fraction of sp³-hybridized carbons (Fsp3) is 0.280. The summed E-state index contributed by atoms with van der Waals surface area (Å²) >= 11 is 0. The van der Waals surface area contributed by atoms with Crippen molar-refractivity contribution < 1.29 is 13.9 Å². The number of hydrogen-bond donors (Lipinski definition) is 0. The lowest BCUT2D eigenvalue weighted by Gasteiger charge is -2.25. The van der Waals surface area contributed by atoms with Gasteiger partial charge in [-0.15, -0.1) is 0 Å². The molecule has 0 spiro atoms. The van der Waals surface area contributed by atoms with Gasteiger partial charge in [-0.05, 0) is 48.7 Å². The van der Waals surface area contributed by atoms with Gasteiger partial charge in [-0.3, -0.25) is 9.78 Å². The van der Waals surface area contributed by atoms with Gasteiger partial charge in [0.2, 0.25) is 5.91 Å². The van der Waals surface area contributed by atoms with E-state index < -0.39 is 0 Å². The Balaban J connectivity index is 1.40. The predicted molar refractivity (Wildman–Crippen MR) is 114 cm³/mol. The monoisotopic (exact) mass is 404 g/mol. The van der Waals surface area contributed by atoms with Crippen LogP contribution in [0.15, 0.2) is 72.8 Å². The highest BCUT2D eigenvalue weighted by Crippen LogP contribution is 2.31. The van der Waals surface area contributed by atoms with Gasteiger partial charge < -0.3 is 9.64 Å². The van der Waals surface area contributed by atoms with E-state index >= 15 is 0 Å². The third kappa shape index (κ3) is 4.85. The number of hydrogen-bond acceptors (Lipinski definition) is 3. The molecule has 0 N–H and O–H groups in total. The number of aromatic nitrogens is 1. The molecule has 1 atom stereocenters. The van der Waals surface area contributed by atoms with Gasteiger partial charge in [0, 0.05) is 18.7 Å². The number of likely N-dealkylation sites (tertiary alicyclic amines) is 1. The van der Waals surface area contributed by atoms with Crippen LogP contribution in [-0.4, -0.2) is 28.9 Å². The highest BCUT2D eigenvalue weighted by Gasteiger charge is 2.30. The summed E-state index contributed by atoms with van der Waals surface area (Å²) in [6, 6.07) is 22.1. The maximum atomic E-state index is 14.0. The number of ether oxygens (including phenoxy) is 1. The second kappa shape index (κ2) is 9.53. The van der Waals surface area contributed by atoms with Crippen LogP contribution in [0.25, 0.3) is 0 Å². The van der Waals surface area contributed by atoms with Crippen LogP contribution in [0.3, 0.4) is 0 Å². The highest BCUT2D eigenvalue weighted by molar-refractivity contribution is 5.77. The van der Waals surface area contributed by atoms with Crippen molar-refractivity contribution in [3.63, 3.8) is 0 Å². The van der Waals surface area contributed by atoms with Gasteiger partial charge in [0.15, 0.2) is 0 Å². The minimum absolute atomic E-state index is 0.0326. The third-order valence-electron chi connectivity index (χ3n) is 5.40. The van der Waals surface area contributed by atoms with E-state index in [0.717, 1.165) is 36.5 Å². The molecule has 0 aliphatic carbocycles. The highest BCUT2D eigenvalue weighted by atomic mass is 19.1. The molecule has 3 aromatic rings. The molecule has 30 heavy (non-hydrogen) atoms.